The molecule has 3 aliphatic rings. The second-order valence-corrected chi connectivity index (χ2v) is 10.7. The van der Waals surface area contributed by atoms with Gasteiger partial charge in [-0.3, -0.25) is 4.57 Å². The molecule has 12 nitrogen and oxygen atoms in total. The molecule has 3 fully saturated rings. The van der Waals surface area contributed by atoms with E-state index in [1.54, 1.807) is 42.7 Å². The molecule has 0 amide bonds. The number of nitrogen functional groups attached to an aromatic ring is 1. The zero-order valence-electron chi connectivity index (χ0n) is 21.2. The van der Waals surface area contributed by atoms with Crippen molar-refractivity contribution < 1.29 is 33.2 Å². The van der Waals surface area contributed by atoms with Gasteiger partial charge >= 0.3 is 5.97 Å². The minimum Gasteiger partial charge on any atom is -0.451 e. The van der Waals surface area contributed by atoms with Crippen molar-refractivity contribution in [1.82, 2.24) is 19.5 Å². The van der Waals surface area contributed by atoms with Crippen LogP contribution in [0.2, 0.25) is 5.15 Å². The number of fused-ring (bicyclic) bond motifs is 4. The van der Waals surface area contributed by atoms with Crippen LogP contribution in [0.5, 0.6) is 0 Å². The first kappa shape index (κ1) is 25.4. The second-order valence-electron chi connectivity index (χ2n) is 10.4. The first-order chi connectivity index (χ1) is 18.0. The third-order valence-electron chi connectivity index (χ3n) is 6.71. The van der Waals surface area contributed by atoms with Crippen molar-refractivity contribution in [2.45, 2.75) is 76.0 Å². The molecule has 38 heavy (non-hydrogen) atoms. The molecule has 2 aromatic heterocycles. The van der Waals surface area contributed by atoms with Gasteiger partial charge in [-0.25, -0.2) is 9.78 Å². The van der Waals surface area contributed by atoms with Crippen LogP contribution < -0.4 is 5.73 Å². The van der Waals surface area contributed by atoms with Crippen LogP contribution in [0.15, 0.2) is 36.7 Å². The van der Waals surface area contributed by atoms with Crippen LogP contribution in [0.25, 0.3) is 11.2 Å². The van der Waals surface area contributed by atoms with Crippen LogP contribution in [-0.2, 0) is 28.4 Å². The van der Waals surface area contributed by atoms with Crippen LogP contribution in [0.1, 0.15) is 44.3 Å². The smallest absolute Gasteiger partial charge is 0.338 e. The number of rotatable bonds is 3. The standard InChI is InChI=1S/C25H28ClN5O7/c1-24(2)33-10-13-15(36-24)16-17(38-25(3,4)37-16)18(35-22(32)12-8-6-5-7-9-12)21(34-13)31-11-28-14-19(26)29-23(27)30-20(14)31/h5-9,11,13,15-18,21H,10H2,1-4H3,(H2,27,29,30)/t13?,15-,16?,17+,18?,21?/m1/s1. The van der Waals surface area contributed by atoms with Gasteiger partial charge in [-0.05, 0) is 39.8 Å². The van der Waals surface area contributed by atoms with Gasteiger partial charge in [-0.2, -0.15) is 9.97 Å². The monoisotopic (exact) mass is 545 g/mol. The number of anilines is 1. The minimum absolute atomic E-state index is 0.0425. The predicted molar refractivity (Wildman–Crippen MR) is 133 cm³/mol. The lowest BCUT2D eigenvalue weighted by atomic mass is 9.99. The SMILES string of the molecule is CC1(C)OCC2OC(n3cnc4c(Cl)nc(N)nc43)C(OC(=O)c3ccccc3)[C@H]3OC(C)(C)OC3[C@@H]2O1. The number of esters is 1. The molecule has 0 bridgehead atoms. The fraction of sp³-hybridized carbons (Fsp3) is 0.520. The minimum atomic E-state index is -1.01. The number of carbonyl (C=O) groups is 1. The van der Waals surface area contributed by atoms with E-state index < -0.39 is 54.3 Å². The molecule has 3 aliphatic heterocycles. The first-order valence-electron chi connectivity index (χ1n) is 12.3. The van der Waals surface area contributed by atoms with E-state index in [0.29, 0.717) is 16.7 Å². The summed E-state index contributed by atoms with van der Waals surface area (Å²) in [5.74, 6) is -2.48. The molecule has 2 N–H and O–H groups in total. The highest BCUT2D eigenvalue weighted by Gasteiger charge is 2.60. The molecule has 5 heterocycles. The zero-order chi connectivity index (χ0) is 26.8. The van der Waals surface area contributed by atoms with Gasteiger partial charge in [0.05, 0.1) is 18.5 Å². The molecular formula is C25H28ClN5O7. The molecule has 0 aliphatic carbocycles. The number of nitrogens with two attached hydrogens (primary N) is 1. The molecule has 202 valence electrons. The zero-order valence-corrected chi connectivity index (χ0v) is 22.0. The summed E-state index contributed by atoms with van der Waals surface area (Å²) in [4.78, 5) is 26.1. The van der Waals surface area contributed by atoms with Gasteiger partial charge in [0.25, 0.3) is 0 Å². The van der Waals surface area contributed by atoms with Crippen molar-refractivity contribution in [2.24, 2.45) is 0 Å². The normalized spacial score (nSPS) is 31.8. The lowest BCUT2D eigenvalue weighted by Gasteiger charge is -2.42. The van der Waals surface area contributed by atoms with E-state index in [4.69, 9.17) is 45.8 Å². The quantitative estimate of drug-likeness (QED) is 0.383. The van der Waals surface area contributed by atoms with E-state index in [1.165, 1.54) is 6.33 Å². The van der Waals surface area contributed by atoms with Gasteiger partial charge in [-0.15, -0.1) is 0 Å². The molecule has 0 saturated carbocycles. The van der Waals surface area contributed by atoms with Crippen LogP contribution in [-0.4, -0.2) is 74.2 Å². The first-order valence-corrected chi connectivity index (χ1v) is 12.6. The van der Waals surface area contributed by atoms with E-state index in [9.17, 15) is 4.79 Å². The van der Waals surface area contributed by atoms with Crippen LogP contribution >= 0.6 is 11.6 Å². The molecular weight excluding hydrogens is 518 g/mol. The third-order valence-corrected chi connectivity index (χ3v) is 6.97. The number of carbonyl (C=O) groups excluding carboxylic acids is 1. The summed E-state index contributed by atoms with van der Waals surface area (Å²) in [6.45, 7) is 7.44. The fourth-order valence-electron chi connectivity index (χ4n) is 5.15. The molecule has 6 atom stereocenters. The Morgan fingerprint density at radius 1 is 1.05 bits per heavy atom. The Balaban J connectivity index is 1.49. The summed E-state index contributed by atoms with van der Waals surface area (Å²) in [6, 6.07) is 8.66. The number of imidazole rings is 1. The van der Waals surface area contributed by atoms with E-state index in [1.807, 2.05) is 19.9 Å². The lowest BCUT2D eigenvalue weighted by molar-refractivity contribution is -0.332. The topological polar surface area (TPSA) is 142 Å². The number of hydrogen-bond acceptors (Lipinski definition) is 11. The number of ether oxygens (including phenoxy) is 6. The van der Waals surface area contributed by atoms with E-state index in [-0.39, 0.29) is 17.7 Å². The summed E-state index contributed by atoms with van der Waals surface area (Å²) >= 11 is 6.30. The van der Waals surface area contributed by atoms with Crippen molar-refractivity contribution >= 4 is 34.7 Å². The molecule has 0 radical (unpaired) electrons. The maximum Gasteiger partial charge on any atom is 0.338 e. The average Bonchev–Trinajstić information content (AvgIpc) is 3.39. The van der Waals surface area contributed by atoms with Crippen molar-refractivity contribution in [2.75, 3.05) is 12.3 Å². The lowest BCUT2D eigenvalue weighted by Crippen LogP contribution is -2.55. The molecule has 13 heteroatoms. The van der Waals surface area contributed by atoms with Gasteiger partial charge in [0.2, 0.25) is 5.95 Å². The third kappa shape index (κ3) is 4.51. The van der Waals surface area contributed by atoms with E-state index >= 15 is 0 Å². The molecule has 0 spiro atoms. The predicted octanol–water partition coefficient (Wildman–Crippen LogP) is 2.86. The summed E-state index contributed by atoms with van der Waals surface area (Å²) in [5, 5.41) is 0.0844. The maximum absolute atomic E-state index is 13.4. The highest BCUT2D eigenvalue weighted by molar-refractivity contribution is 6.33. The Morgan fingerprint density at radius 2 is 1.76 bits per heavy atom. The largest absolute Gasteiger partial charge is 0.451 e. The van der Waals surface area contributed by atoms with Gasteiger partial charge in [0, 0.05) is 0 Å². The van der Waals surface area contributed by atoms with E-state index in [0.717, 1.165) is 0 Å². The van der Waals surface area contributed by atoms with Gasteiger partial charge < -0.3 is 34.2 Å². The summed E-state index contributed by atoms with van der Waals surface area (Å²) in [6.07, 6.45) is -3.13. The van der Waals surface area contributed by atoms with Crippen LogP contribution in [0.3, 0.4) is 0 Å². The number of nitrogens with zero attached hydrogens (tertiary/aromatic N) is 4. The summed E-state index contributed by atoms with van der Waals surface area (Å²) in [5.41, 5.74) is 6.89. The van der Waals surface area contributed by atoms with Gasteiger partial charge in [-0.1, -0.05) is 29.8 Å². The summed E-state index contributed by atoms with van der Waals surface area (Å²) in [7, 11) is 0. The average molecular weight is 546 g/mol. The molecule has 1 aromatic carbocycles. The van der Waals surface area contributed by atoms with Crippen molar-refractivity contribution in [3.63, 3.8) is 0 Å². The van der Waals surface area contributed by atoms with Crippen molar-refractivity contribution in [3.8, 4) is 0 Å². The van der Waals surface area contributed by atoms with Crippen molar-refractivity contribution in [3.05, 3.63) is 47.4 Å². The second kappa shape index (κ2) is 9.11. The molecule has 3 saturated heterocycles. The highest BCUT2D eigenvalue weighted by Crippen LogP contribution is 2.44. The molecule has 3 aromatic rings. The number of aromatic nitrogens is 4. The highest BCUT2D eigenvalue weighted by atomic mass is 35.5. The Hall–Kier alpha value is -2.87. The van der Waals surface area contributed by atoms with Crippen molar-refractivity contribution in [1.29, 1.82) is 0 Å². The Morgan fingerprint density at radius 3 is 2.53 bits per heavy atom. The van der Waals surface area contributed by atoms with Crippen LogP contribution in [0.4, 0.5) is 5.95 Å². The fourth-order valence-corrected chi connectivity index (χ4v) is 5.37. The van der Waals surface area contributed by atoms with Crippen LogP contribution in [0, 0.1) is 0 Å². The van der Waals surface area contributed by atoms with Gasteiger partial charge in [0.1, 0.15) is 29.9 Å². The molecule has 4 unspecified atom stereocenters. The number of hydrogen-bond donors (Lipinski definition) is 1. The Bertz CT molecular complexity index is 1370. The Kier molecular flexibility index (Phi) is 6.09. The summed E-state index contributed by atoms with van der Waals surface area (Å²) < 4.78 is 39.3. The Labute approximate surface area is 223 Å². The van der Waals surface area contributed by atoms with E-state index in [2.05, 4.69) is 15.0 Å². The maximum atomic E-state index is 13.4. The van der Waals surface area contributed by atoms with Gasteiger partial charge in [0.15, 0.2) is 34.7 Å². The number of halogens is 1. The number of benzene rings is 1. The molecule has 6 rings (SSSR count).